The lowest BCUT2D eigenvalue weighted by Crippen LogP contribution is -2.53. The predicted molar refractivity (Wildman–Crippen MR) is 147 cm³/mol. The van der Waals surface area contributed by atoms with E-state index in [9.17, 15) is 18.0 Å². The Kier molecular flexibility index (Phi) is 9.36. The van der Waals surface area contributed by atoms with Crippen molar-refractivity contribution in [2.75, 3.05) is 24.9 Å². The molecule has 0 saturated heterocycles. The molecule has 0 bridgehead atoms. The molecule has 0 heterocycles. The van der Waals surface area contributed by atoms with E-state index in [2.05, 4.69) is 5.32 Å². The highest BCUT2D eigenvalue weighted by Gasteiger charge is 2.34. The number of nitrogens with zero attached hydrogens (tertiary/aromatic N) is 3. The molecule has 1 aliphatic rings. The van der Waals surface area contributed by atoms with Gasteiger partial charge < -0.3 is 10.2 Å². The second-order valence-electron chi connectivity index (χ2n) is 10.2. The average molecular weight is 529 g/mol. The highest BCUT2D eigenvalue weighted by atomic mass is 32.2. The number of benzene rings is 2. The summed E-state index contributed by atoms with van der Waals surface area (Å²) in [7, 11) is -1.10. The first-order valence-electron chi connectivity index (χ1n) is 12.8. The first kappa shape index (κ1) is 28.7. The van der Waals surface area contributed by atoms with Crippen LogP contribution in [0, 0.1) is 20.8 Å². The van der Waals surface area contributed by atoms with Crippen molar-refractivity contribution in [3.05, 3.63) is 64.7 Å². The normalized spacial score (nSPS) is 15.0. The molecule has 0 aliphatic heterocycles. The minimum atomic E-state index is -3.99. The van der Waals surface area contributed by atoms with Crippen molar-refractivity contribution < 1.29 is 18.0 Å². The van der Waals surface area contributed by atoms with Gasteiger partial charge in [0.05, 0.1) is 5.69 Å². The highest BCUT2D eigenvalue weighted by molar-refractivity contribution is 7.90. The molecule has 37 heavy (non-hydrogen) atoms. The van der Waals surface area contributed by atoms with E-state index in [0.29, 0.717) is 5.69 Å². The zero-order valence-corrected chi connectivity index (χ0v) is 23.6. The van der Waals surface area contributed by atoms with Gasteiger partial charge in [-0.25, -0.2) is 4.31 Å². The Morgan fingerprint density at radius 3 is 2.27 bits per heavy atom. The topological polar surface area (TPSA) is 90.0 Å². The van der Waals surface area contributed by atoms with Crippen LogP contribution in [0.1, 0.15) is 54.9 Å². The van der Waals surface area contributed by atoms with E-state index in [1.165, 1.54) is 19.0 Å². The second kappa shape index (κ2) is 12.1. The third-order valence-corrected chi connectivity index (χ3v) is 8.93. The third-order valence-electron chi connectivity index (χ3n) is 7.12. The van der Waals surface area contributed by atoms with Crippen LogP contribution in [0.3, 0.4) is 0 Å². The van der Waals surface area contributed by atoms with Crippen LogP contribution in [-0.4, -0.2) is 62.2 Å². The van der Waals surface area contributed by atoms with Gasteiger partial charge in [0.15, 0.2) is 0 Å². The van der Waals surface area contributed by atoms with E-state index in [1.54, 1.807) is 13.0 Å². The van der Waals surface area contributed by atoms with Crippen LogP contribution in [0.25, 0.3) is 0 Å². The molecule has 1 fully saturated rings. The van der Waals surface area contributed by atoms with Crippen molar-refractivity contribution in [1.82, 2.24) is 14.5 Å². The number of anilines is 1. The molecule has 2 aromatic carbocycles. The number of amides is 2. The lowest BCUT2D eigenvalue weighted by Gasteiger charge is -2.34. The molecule has 0 unspecified atom stereocenters. The molecule has 9 heteroatoms. The predicted octanol–water partition coefficient (Wildman–Crippen LogP) is 3.70. The van der Waals surface area contributed by atoms with Gasteiger partial charge in [0.1, 0.15) is 12.6 Å². The Morgan fingerprint density at radius 1 is 1.00 bits per heavy atom. The molecule has 8 nitrogen and oxygen atoms in total. The monoisotopic (exact) mass is 528 g/mol. The lowest BCUT2D eigenvalue weighted by molar-refractivity contribution is -0.139. The van der Waals surface area contributed by atoms with Gasteiger partial charge in [0, 0.05) is 26.7 Å². The quantitative estimate of drug-likeness (QED) is 0.509. The molecule has 2 amide bonds. The van der Waals surface area contributed by atoms with Crippen molar-refractivity contribution in [2.45, 2.75) is 72.0 Å². The zero-order chi connectivity index (χ0) is 27.3. The van der Waals surface area contributed by atoms with Crippen LogP contribution < -0.4 is 9.62 Å². The molecule has 202 valence electrons. The van der Waals surface area contributed by atoms with Crippen LogP contribution >= 0.6 is 0 Å². The third kappa shape index (κ3) is 6.90. The summed E-state index contributed by atoms with van der Waals surface area (Å²) < 4.78 is 29.0. The lowest BCUT2D eigenvalue weighted by atomic mass is 10.1. The Bertz CT molecular complexity index is 1220. The van der Waals surface area contributed by atoms with Crippen LogP contribution in [-0.2, 0) is 26.3 Å². The largest absolute Gasteiger partial charge is 0.352 e. The van der Waals surface area contributed by atoms with Crippen LogP contribution in [0.4, 0.5) is 5.69 Å². The minimum Gasteiger partial charge on any atom is -0.352 e. The van der Waals surface area contributed by atoms with E-state index in [0.717, 1.165) is 56.5 Å². The van der Waals surface area contributed by atoms with Gasteiger partial charge in [-0.1, -0.05) is 49.2 Å². The summed E-state index contributed by atoms with van der Waals surface area (Å²) >= 11 is 0. The fraction of sp³-hybridized carbons (Fsp3) is 0.500. The molecule has 1 aliphatic carbocycles. The number of hydrogen-bond donors (Lipinski definition) is 1. The van der Waals surface area contributed by atoms with Gasteiger partial charge in [0.2, 0.25) is 11.8 Å². The average Bonchev–Trinajstić information content (AvgIpc) is 3.36. The maximum absolute atomic E-state index is 13.9. The summed E-state index contributed by atoms with van der Waals surface area (Å²) in [6, 6.07) is 12.6. The van der Waals surface area contributed by atoms with Crippen LogP contribution in [0.5, 0.6) is 0 Å². The molecule has 1 saturated carbocycles. The van der Waals surface area contributed by atoms with Crippen molar-refractivity contribution >= 4 is 27.7 Å². The Labute approximate surface area is 221 Å². The van der Waals surface area contributed by atoms with E-state index in [4.69, 9.17) is 0 Å². The molecule has 0 aromatic heterocycles. The van der Waals surface area contributed by atoms with E-state index in [1.807, 2.05) is 57.2 Å². The summed E-state index contributed by atoms with van der Waals surface area (Å²) in [6.45, 7) is 7.15. The zero-order valence-electron chi connectivity index (χ0n) is 22.8. The number of hydrogen-bond acceptors (Lipinski definition) is 4. The van der Waals surface area contributed by atoms with Gasteiger partial charge in [-0.05, 0) is 68.9 Å². The van der Waals surface area contributed by atoms with Gasteiger partial charge in [-0.2, -0.15) is 12.7 Å². The standard InChI is InChI=1S/C28H40N4O4S/c1-20-15-16-22(3)26(17-20)32(37(35,36)30(5)6)19-27(33)31(18-24-12-8-7-11-21(24)2)23(4)28(34)29-25-13-9-10-14-25/h7-8,11-12,15-17,23,25H,9-10,13-14,18-19H2,1-6H3,(H,29,34)/t23-/m0/s1. The maximum Gasteiger partial charge on any atom is 0.304 e. The number of carbonyl (C=O) groups excluding carboxylic acids is 2. The van der Waals surface area contributed by atoms with E-state index >= 15 is 0 Å². The SMILES string of the molecule is Cc1ccc(C)c(N(CC(=O)N(Cc2ccccc2C)[C@@H](C)C(=O)NC2CCCC2)S(=O)(=O)N(C)C)c1. The summed E-state index contributed by atoms with van der Waals surface area (Å²) in [5.41, 5.74) is 3.97. The van der Waals surface area contributed by atoms with Crippen molar-refractivity contribution in [3.8, 4) is 0 Å². The fourth-order valence-electron chi connectivity index (χ4n) is 4.64. The molecule has 1 N–H and O–H groups in total. The van der Waals surface area contributed by atoms with Crippen LogP contribution in [0.2, 0.25) is 0 Å². The summed E-state index contributed by atoms with van der Waals surface area (Å²) in [6.07, 6.45) is 4.04. The van der Waals surface area contributed by atoms with Gasteiger partial charge in [-0.15, -0.1) is 0 Å². The number of rotatable bonds is 10. The van der Waals surface area contributed by atoms with Gasteiger partial charge in [0.25, 0.3) is 0 Å². The summed E-state index contributed by atoms with van der Waals surface area (Å²) in [5.74, 6) is -0.661. The molecule has 3 rings (SSSR count). The number of nitrogens with one attached hydrogen (secondary N) is 1. The molecule has 0 radical (unpaired) electrons. The van der Waals surface area contributed by atoms with Crippen molar-refractivity contribution in [2.24, 2.45) is 0 Å². The Hall–Kier alpha value is -2.91. The van der Waals surface area contributed by atoms with Crippen molar-refractivity contribution in [1.29, 1.82) is 0 Å². The van der Waals surface area contributed by atoms with Gasteiger partial charge >= 0.3 is 10.2 Å². The molecule has 0 spiro atoms. The van der Waals surface area contributed by atoms with Gasteiger partial charge in [-0.3, -0.25) is 9.59 Å². The second-order valence-corrected chi connectivity index (χ2v) is 12.3. The fourth-order valence-corrected chi connectivity index (χ4v) is 5.75. The first-order chi connectivity index (χ1) is 17.4. The summed E-state index contributed by atoms with van der Waals surface area (Å²) in [4.78, 5) is 28.6. The highest BCUT2D eigenvalue weighted by Crippen LogP contribution is 2.26. The minimum absolute atomic E-state index is 0.117. The number of aryl methyl sites for hydroxylation is 3. The van der Waals surface area contributed by atoms with E-state index < -0.39 is 28.7 Å². The first-order valence-corrected chi connectivity index (χ1v) is 14.2. The Balaban J connectivity index is 1.97. The molecular formula is C28H40N4O4S. The summed E-state index contributed by atoms with van der Waals surface area (Å²) in [5, 5.41) is 3.09. The molecule has 1 atom stereocenters. The number of carbonyl (C=O) groups is 2. The van der Waals surface area contributed by atoms with E-state index in [-0.39, 0.29) is 18.5 Å². The van der Waals surface area contributed by atoms with Crippen molar-refractivity contribution in [3.63, 3.8) is 0 Å². The maximum atomic E-state index is 13.9. The van der Waals surface area contributed by atoms with Crippen LogP contribution in [0.15, 0.2) is 42.5 Å². The smallest absolute Gasteiger partial charge is 0.304 e. The Morgan fingerprint density at radius 2 is 1.65 bits per heavy atom. The molecule has 2 aromatic rings. The molecular weight excluding hydrogens is 488 g/mol.